The fourth-order valence-corrected chi connectivity index (χ4v) is 2.39. The van der Waals surface area contributed by atoms with E-state index in [1.54, 1.807) is 6.07 Å². The van der Waals surface area contributed by atoms with Crippen LogP contribution in [0, 0.1) is 0 Å². The van der Waals surface area contributed by atoms with Crippen LogP contribution in [0.2, 0.25) is 10.0 Å². The van der Waals surface area contributed by atoms with Gasteiger partial charge in [-0.25, -0.2) is 4.68 Å². The van der Waals surface area contributed by atoms with Crippen molar-refractivity contribution in [3.05, 3.63) is 70.8 Å². The monoisotopic (exact) mass is 288 g/mol. The van der Waals surface area contributed by atoms with Crippen LogP contribution in [0.1, 0.15) is 0 Å². The topological polar surface area (TPSA) is 17.8 Å². The Balaban J connectivity index is 2.02. The Labute approximate surface area is 121 Å². The Morgan fingerprint density at radius 1 is 0.895 bits per heavy atom. The van der Waals surface area contributed by atoms with Gasteiger partial charge >= 0.3 is 0 Å². The van der Waals surface area contributed by atoms with E-state index < -0.39 is 0 Å². The van der Waals surface area contributed by atoms with E-state index in [9.17, 15) is 0 Å². The molecule has 0 saturated heterocycles. The van der Waals surface area contributed by atoms with Gasteiger partial charge in [0.2, 0.25) is 0 Å². The minimum atomic E-state index is 0.603. The highest BCUT2D eigenvalue weighted by Crippen LogP contribution is 2.29. The third-order valence-corrected chi connectivity index (χ3v) is 3.36. The second kappa shape index (κ2) is 5.08. The van der Waals surface area contributed by atoms with Crippen molar-refractivity contribution in [2.45, 2.75) is 0 Å². The third kappa shape index (κ3) is 2.50. The van der Waals surface area contributed by atoms with Gasteiger partial charge in [0.1, 0.15) is 0 Å². The molecular weight excluding hydrogens is 279 g/mol. The van der Waals surface area contributed by atoms with Crippen LogP contribution in [0.15, 0.2) is 60.8 Å². The standard InChI is InChI=1S/C15H10Cl2N2/c16-11-6-7-13(14(17)10-11)15-8-9-19(18-15)12-4-2-1-3-5-12/h1-10H. The zero-order valence-corrected chi connectivity index (χ0v) is 11.4. The van der Waals surface area contributed by atoms with Crippen LogP contribution in [-0.4, -0.2) is 9.78 Å². The summed E-state index contributed by atoms with van der Waals surface area (Å²) in [7, 11) is 0. The molecule has 3 rings (SSSR count). The van der Waals surface area contributed by atoms with E-state index in [0.29, 0.717) is 10.0 Å². The van der Waals surface area contributed by atoms with Crippen molar-refractivity contribution in [2.75, 3.05) is 0 Å². The van der Waals surface area contributed by atoms with E-state index in [-0.39, 0.29) is 0 Å². The van der Waals surface area contributed by atoms with Crippen molar-refractivity contribution >= 4 is 23.2 Å². The summed E-state index contributed by atoms with van der Waals surface area (Å²) in [5, 5.41) is 5.75. The summed E-state index contributed by atoms with van der Waals surface area (Å²) in [5.74, 6) is 0. The van der Waals surface area contributed by atoms with Gasteiger partial charge in [-0.05, 0) is 36.4 Å². The number of hydrogen-bond donors (Lipinski definition) is 0. The van der Waals surface area contributed by atoms with Crippen molar-refractivity contribution in [2.24, 2.45) is 0 Å². The molecule has 0 spiro atoms. The molecule has 1 heterocycles. The van der Waals surface area contributed by atoms with Gasteiger partial charge in [0.15, 0.2) is 0 Å². The Bertz CT molecular complexity index is 705. The fraction of sp³-hybridized carbons (Fsp3) is 0. The molecule has 0 aliphatic carbocycles. The van der Waals surface area contributed by atoms with Crippen LogP contribution in [0.25, 0.3) is 16.9 Å². The molecule has 0 aliphatic heterocycles. The lowest BCUT2D eigenvalue weighted by Gasteiger charge is -2.02. The first-order valence-electron chi connectivity index (χ1n) is 5.80. The Morgan fingerprint density at radius 3 is 2.42 bits per heavy atom. The largest absolute Gasteiger partial charge is 0.240 e. The van der Waals surface area contributed by atoms with Gasteiger partial charge in [0.25, 0.3) is 0 Å². The maximum absolute atomic E-state index is 6.19. The van der Waals surface area contributed by atoms with Crippen LogP contribution in [0.3, 0.4) is 0 Å². The molecule has 0 atom stereocenters. The molecule has 0 saturated carbocycles. The highest BCUT2D eigenvalue weighted by atomic mass is 35.5. The molecular formula is C15H10Cl2N2. The van der Waals surface area contributed by atoms with E-state index in [1.807, 2.05) is 59.4 Å². The van der Waals surface area contributed by atoms with E-state index in [2.05, 4.69) is 5.10 Å². The third-order valence-electron chi connectivity index (χ3n) is 2.82. The van der Waals surface area contributed by atoms with Gasteiger partial charge in [-0.3, -0.25) is 0 Å². The van der Waals surface area contributed by atoms with Gasteiger partial charge in [-0.1, -0.05) is 41.4 Å². The van der Waals surface area contributed by atoms with Crippen LogP contribution < -0.4 is 0 Å². The maximum atomic E-state index is 6.19. The Morgan fingerprint density at radius 2 is 1.68 bits per heavy atom. The molecule has 0 unspecified atom stereocenters. The summed E-state index contributed by atoms with van der Waals surface area (Å²) < 4.78 is 1.82. The highest BCUT2D eigenvalue weighted by molar-refractivity contribution is 6.36. The molecule has 0 aliphatic rings. The minimum absolute atomic E-state index is 0.603. The molecule has 2 aromatic carbocycles. The quantitative estimate of drug-likeness (QED) is 0.659. The van der Waals surface area contributed by atoms with Gasteiger partial charge in [-0.2, -0.15) is 5.10 Å². The first-order valence-corrected chi connectivity index (χ1v) is 6.56. The second-order valence-electron chi connectivity index (χ2n) is 4.11. The van der Waals surface area contributed by atoms with E-state index in [1.165, 1.54) is 0 Å². The lowest BCUT2D eigenvalue weighted by atomic mass is 10.1. The van der Waals surface area contributed by atoms with Crippen molar-refractivity contribution in [3.8, 4) is 16.9 Å². The highest BCUT2D eigenvalue weighted by Gasteiger charge is 2.08. The predicted octanol–water partition coefficient (Wildman–Crippen LogP) is 4.85. The summed E-state index contributed by atoms with van der Waals surface area (Å²) in [4.78, 5) is 0. The molecule has 3 aromatic rings. The van der Waals surface area contributed by atoms with Crippen LogP contribution in [-0.2, 0) is 0 Å². The predicted molar refractivity (Wildman–Crippen MR) is 79.0 cm³/mol. The molecule has 1 aromatic heterocycles. The molecule has 0 bridgehead atoms. The molecule has 0 fully saturated rings. The first-order chi connectivity index (χ1) is 9.24. The van der Waals surface area contributed by atoms with Crippen LogP contribution in [0.5, 0.6) is 0 Å². The summed E-state index contributed by atoms with van der Waals surface area (Å²) in [6.45, 7) is 0. The van der Waals surface area contributed by atoms with Gasteiger partial charge < -0.3 is 0 Å². The first kappa shape index (κ1) is 12.3. The number of aromatic nitrogens is 2. The summed E-state index contributed by atoms with van der Waals surface area (Å²) in [6.07, 6.45) is 1.91. The smallest absolute Gasteiger partial charge is 0.0942 e. The SMILES string of the molecule is Clc1ccc(-c2ccn(-c3ccccc3)n2)c(Cl)c1. The number of nitrogens with zero attached hydrogens (tertiary/aromatic N) is 2. The van der Waals surface area contributed by atoms with Gasteiger partial charge in [0.05, 0.1) is 16.4 Å². The maximum Gasteiger partial charge on any atom is 0.0942 e. The van der Waals surface area contributed by atoms with Crippen molar-refractivity contribution in [1.82, 2.24) is 9.78 Å². The average Bonchev–Trinajstić information content (AvgIpc) is 2.89. The Kier molecular flexibility index (Phi) is 3.28. The number of hydrogen-bond acceptors (Lipinski definition) is 1. The zero-order chi connectivity index (χ0) is 13.2. The van der Waals surface area contributed by atoms with E-state index in [0.717, 1.165) is 16.9 Å². The molecule has 0 N–H and O–H groups in total. The van der Waals surface area contributed by atoms with E-state index >= 15 is 0 Å². The number of halogens is 2. The minimum Gasteiger partial charge on any atom is -0.240 e. The zero-order valence-electron chi connectivity index (χ0n) is 9.92. The van der Waals surface area contributed by atoms with Gasteiger partial charge in [-0.15, -0.1) is 0 Å². The lowest BCUT2D eigenvalue weighted by Crippen LogP contribution is -1.94. The lowest BCUT2D eigenvalue weighted by molar-refractivity contribution is 0.884. The van der Waals surface area contributed by atoms with Crippen molar-refractivity contribution < 1.29 is 0 Å². The summed E-state index contributed by atoms with van der Waals surface area (Å²) in [6, 6.07) is 17.3. The number of para-hydroxylation sites is 1. The number of rotatable bonds is 2. The molecule has 19 heavy (non-hydrogen) atoms. The average molecular weight is 289 g/mol. The number of benzene rings is 2. The van der Waals surface area contributed by atoms with Crippen molar-refractivity contribution in [1.29, 1.82) is 0 Å². The summed E-state index contributed by atoms with van der Waals surface area (Å²) >= 11 is 12.1. The van der Waals surface area contributed by atoms with Crippen LogP contribution >= 0.6 is 23.2 Å². The fourth-order valence-electron chi connectivity index (χ4n) is 1.89. The normalized spacial score (nSPS) is 10.6. The molecule has 4 heteroatoms. The molecule has 2 nitrogen and oxygen atoms in total. The molecule has 0 amide bonds. The van der Waals surface area contributed by atoms with E-state index in [4.69, 9.17) is 23.2 Å². The second-order valence-corrected chi connectivity index (χ2v) is 4.95. The van der Waals surface area contributed by atoms with Crippen molar-refractivity contribution in [3.63, 3.8) is 0 Å². The molecule has 0 radical (unpaired) electrons. The summed E-state index contributed by atoms with van der Waals surface area (Å²) in [5.41, 5.74) is 2.71. The Hall–Kier alpha value is -1.77. The van der Waals surface area contributed by atoms with Crippen LogP contribution in [0.4, 0.5) is 0 Å². The van der Waals surface area contributed by atoms with Gasteiger partial charge in [0, 0.05) is 16.8 Å². The molecule has 94 valence electrons.